The Morgan fingerprint density at radius 3 is 3.00 bits per heavy atom. The molecule has 0 radical (unpaired) electrons. The molecule has 13 heavy (non-hydrogen) atoms. The predicted molar refractivity (Wildman–Crippen MR) is 51.5 cm³/mol. The van der Waals surface area contributed by atoms with Crippen molar-refractivity contribution in [2.75, 3.05) is 30.8 Å². The molecule has 0 aliphatic carbocycles. The van der Waals surface area contributed by atoms with Crippen molar-refractivity contribution in [3.05, 3.63) is 12.3 Å². The zero-order valence-corrected chi connectivity index (χ0v) is 7.57. The van der Waals surface area contributed by atoms with E-state index in [2.05, 4.69) is 20.2 Å². The summed E-state index contributed by atoms with van der Waals surface area (Å²) in [6.45, 7) is 1.92. The van der Waals surface area contributed by atoms with E-state index in [1.54, 1.807) is 12.3 Å². The van der Waals surface area contributed by atoms with Gasteiger partial charge in [0.15, 0.2) is 0 Å². The van der Waals surface area contributed by atoms with Gasteiger partial charge in [0.2, 0.25) is 5.95 Å². The van der Waals surface area contributed by atoms with Gasteiger partial charge in [-0.15, -0.1) is 0 Å². The Kier molecular flexibility index (Phi) is 2.02. The molecule has 5 nitrogen and oxygen atoms in total. The minimum Gasteiger partial charge on any atom is -0.384 e. The Hall–Kier alpha value is -1.36. The zero-order chi connectivity index (χ0) is 9.26. The van der Waals surface area contributed by atoms with Gasteiger partial charge >= 0.3 is 0 Å². The summed E-state index contributed by atoms with van der Waals surface area (Å²) >= 11 is 0. The van der Waals surface area contributed by atoms with E-state index in [0.29, 0.717) is 11.9 Å². The molecule has 0 bridgehead atoms. The molecule has 1 aliphatic rings. The molecule has 1 aliphatic heterocycles. The molecule has 0 saturated carbocycles. The standard InChI is InChI=1S/C8H13N5/c1-10-6-4-13(5-6)8-11-3-2-7(9)12-8/h2-3,6,10H,4-5H2,1H3,(H2,9,11,12). The van der Waals surface area contributed by atoms with Crippen LogP contribution >= 0.6 is 0 Å². The van der Waals surface area contributed by atoms with Gasteiger partial charge in [-0.25, -0.2) is 4.98 Å². The summed E-state index contributed by atoms with van der Waals surface area (Å²) in [6.07, 6.45) is 1.68. The normalized spacial score (nSPS) is 17.2. The SMILES string of the molecule is CNC1CN(c2nccc(N)n2)C1. The molecule has 5 heteroatoms. The first-order valence-electron chi connectivity index (χ1n) is 4.30. The van der Waals surface area contributed by atoms with Gasteiger partial charge in [-0.05, 0) is 13.1 Å². The number of nitrogen functional groups attached to an aromatic ring is 1. The second-order valence-corrected chi connectivity index (χ2v) is 3.17. The van der Waals surface area contributed by atoms with E-state index in [0.717, 1.165) is 19.0 Å². The number of nitrogens with two attached hydrogens (primary N) is 1. The molecule has 2 rings (SSSR count). The van der Waals surface area contributed by atoms with Crippen LogP contribution in [0.5, 0.6) is 0 Å². The Balaban J connectivity index is 2.03. The van der Waals surface area contributed by atoms with Crippen LogP contribution in [0.25, 0.3) is 0 Å². The highest BCUT2D eigenvalue weighted by Gasteiger charge is 2.26. The fourth-order valence-corrected chi connectivity index (χ4v) is 1.34. The minimum atomic E-state index is 0.526. The van der Waals surface area contributed by atoms with E-state index >= 15 is 0 Å². The zero-order valence-electron chi connectivity index (χ0n) is 7.57. The maximum atomic E-state index is 5.55. The molecular weight excluding hydrogens is 166 g/mol. The number of likely N-dealkylation sites (N-methyl/N-ethyl adjacent to an activating group) is 1. The molecule has 70 valence electrons. The van der Waals surface area contributed by atoms with E-state index in [-0.39, 0.29) is 0 Å². The second-order valence-electron chi connectivity index (χ2n) is 3.17. The van der Waals surface area contributed by atoms with Crippen LogP contribution in [0.2, 0.25) is 0 Å². The van der Waals surface area contributed by atoms with Crippen LogP contribution in [-0.2, 0) is 0 Å². The second kappa shape index (κ2) is 3.18. The number of hydrogen-bond donors (Lipinski definition) is 2. The number of rotatable bonds is 2. The lowest BCUT2D eigenvalue weighted by molar-refractivity contribution is 0.443. The highest BCUT2D eigenvalue weighted by molar-refractivity contribution is 5.40. The van der Waals surface area contributed by atoms with E-state index in [1.807, 2.05) is 7.05 Å². The van der Waals surface area contributed by atoms with Crippen LogP contribution in [0.15, 0.2) is 12.3 Å². The Morgan fingerprint density at radius 1 is 1.62 bits per heavy atom. The lowest BCUT2D eigenvalue weighted by Crippen LogP contribution is -2.57. The van der Waals surface area contributed by atoms with Crippen molar-refractivity contribution in [1.82, 2.24) is 15.3 Å². The maximum Gasteiger partial charge on any atom is 0.227 e. The number of anilines is 2. The highest BCUT2D eigenvalue weighted by atomic mass is 15.3. The Bertz CT molecular complexity index is 294. The van der Waals surface area contributed by atoms with Crippen molar-refractivity contribution in [1.29, 1.82) is 0 Å². The van der Waals surface area contributed by atoms with Crippen molar-refractivity contribution in [2.45, 2.75) is 6.04 Å². The number of aromatic nitrogens is 2. The van der Waals surface area contributed by atoms with Crippen LogP contribution in [-0.4, -0.2) is 36.1 Å². The molecule has 1 saturated heterocycles. The average Bonchev–Trinajstić information content (AvgIpc) is 2.02. The van der Waals surface area contributed by atoms with Gasteiger partial charge in [0.05, 0.1) is 0 Å². The van der Waals surface area contributed by atoms with Crippen LogP contribution in [0.3, 0.4) is 0 Å². The lowest BCUT2D eigenvalue weighted by Gasteiger charge is -2.38. The van der Waals surface area contributed by atoms with E-state index < -0.39 is 0 Å². The van der Waals surface area contributed by atoms with Gasteiger partial charge in [0, 0.05) is 25.3 Å². The molecular formula is C8H13N5. The first-order chi connectivity index (χ1) is 6.29. The van der Waals surface area contributed by atoms with E-state index in [1.165, 1.54) is 0 Å². The molecule has 2 heterocycles. The molecule has 1 fully saturated rings. The minimum absolute atomic E-state index is 0.526. The quantitative estimate of drug-likeness (QED) is 0.638. The third kappa shape index (κ3) is 1.55. The first-order valence-corrected chi connectivity index (χ1v) is 4.30. The summed E-state index contributed by atoms with van der Waals surface area (Å²) in [4.78, 5) is 10.4. The van der Waals surface area contributed by atoms with Crippen LogP contribution in [0.1, 0.15) is 0 Å². The molecule has 1 aromatic rings. The van der Waals surface area contributed by atoms with Gasteiger partial charge in [-0.2, -0.15) is 4.98 Å². The Labute approximate surface area is 77.0 Å². The fraction of sp³-hybridized carbons (Fsp3) is 0.500. The smallest absolute Gasteiger partial charge is 0.227 e. The molecule has 0 unspecified atom stereocenters. The lowest BCUT2D eigenvalue weighted by atomic mass is 10.1. The largest absolute Gasteiger partial charge is 0.384 e. The molecule has 0 aromatic carbocycles. The molecule has 0 atom stereocenters. The van der Waals surface area contributed by atoms with Crippen LogP contribution in [0, 0.1) is 0 Å². The van der Waals surface area contributed by atoms with E-state index in [4.69, 9.17) is 5.73 Å². The predicted octanol–water partition coefficient (Wildman–Crippen LogP) is -0.533. The number of hydrogen-bond acceptors (Lipinski definition) is 5. The topological polar surface area (TPSA) is 67.1 Å². The van der Waals surface area contributed by atoms with Crippen molar-refractivity contribution in [3.63, 3.8) is 0 Å². The van der Waals surface area contributed by atoms with E-state index in [9.17, 15) is 0 Å². The monoisotopic (exact) mass is 179 g/mol. The van der Waals surface area contributed by atoms with Gasteiger partial charge in [-0.3, -0.25) is 0 Å². The third-order valence-electron chi connectivity index (χ3n) is 2.24. The molecule has 0 spiro atoms. The first kappa shape index (κ1) is 8.25. The van der Waals surface area contributed by atoms with Crippen molar-refractivity contribution in [2.24, 2.45) is 0 Å². The average molecular weight is 179 g/mol. The summed E-state index contributed by atoms with van der Waals surface area (Å²) in [6, 6.07) is 2.25. The summed E-state index contributed by atoms with van der Waals surface area (Å²) in [5, 5.41) is 3.19. The number of nitrogens with zero attached hydrogens (tertiary/aromatic N) is 3. The van der Waals surface area contributed by atoms with Crippen LogP contribution < -0.4 is 16.0 Å². The highest BCUT2D eigenvalue weighted by Crippen LogP contribution is 2.15. The van der Waals surface area contributed by atoms with Crippen molar-refractivity contribution < 1.29 is 0 Å². The summed E-state index contributed by atoms with van der Waals surface area (Å²) in [5.41, 5.74) is 5.55. The summed E-state index contributed by atoms with van der Waals surface area (Å²) in [7, 11) is 1.96. The molecule has 1 aromatic heterocycles. The Morgan fingerprint density at radius 2 is 2.38 bits per heavy atom. The summed E-state index contributed by atoms with van der Waals surface area (Å²) < 4.78 is 0. The third-order valence-corrected chi connectivity index (χ3v) is 2.24. The summed E-state index contributed by atoms with van der Waals surface area (Å²) in [5.74, 6) is 1.25. The van der Waals surface area contributed by atoms with Gasteiger partial charge in [-0.1, -0.05) is 0 Å². The fourth-order valence-electron chi connectivity index (χ4n) is 1.34. The van der Waals surface area contributed by atoms with Gasteiger partial charge in [0.1, 0.15) is 5.82 Å². The molecule has 0 amide bonds. The van der Waals surface area contributed by atoms with Gasteiger partial charge < -0.3 is 16.0 Å². The van der Waals surface area contributed by atoms with Crippen LogP contribution in [0.4, 0.5) is 11.8 Å². The van der Waals surface area contributed by atoms with Crippen molar-refractivity contribution >= 4 is 11.8 Å². The maximum absolute atomic E-state index is 5.55. The molecule has 3 N–H and O–H groups in total. The van der Waals surface area contributed by atoms with Crippen molar-refractivity contribution in [3.8, 4) is 0 Å². The van der Waals surface area contributed by atoms with Gasteiger partial charge in [0.25, 0.3) is 0 Å². The number of nitrogens with one attached hydrogen (secondary N) is 1.